The van der Waals surface area contributed by atoms with Crippen molar-refractivity contribution in [2.24, 2.45) is 0 Å². The number of benzene rings is 2. The molecule has 0 aliphatic carbocycles. The molecular weight excluding hydrogens is 386 g/mol. The van der Waals surface area contributed by atoms with E-state index >= 15 is 0 Å². The summed E-state index contributed by atoms with van der Waals surface area (Å²) in [7, 11) is -2.60. The Kier molecular flexibility index (Phi) is 7.82. The molecule has 6 nitrogen and oxygen atoms in total. The van der Waals surface area contributed by atoms with Gasteiger partial charge in [-0.3, -0.25) is 0 Å². The first kappa shape index (κ1) is 21.5. The highest BCUT2D eigenvalue weighted by atomic mass is 28.4. The number of rotatable bonds is 12. The molecule has 0 fully saturated rings. The zero-order valence-corrected chi connectivity index (χ0v) is 18.3. The normalized spacial score (nSPS) is 11.8. The molecule has 7 heteroatoms. The molecule has 0 atom stereocenters. The Bertz CT molecular complexity index is 830. The van der Waals surface area contributed by atoms with E-state index in [-0.39, 0.29) is 0 Å². The molecule has 3 rings (SSSR count). The van der Waals surface area contributed by atoms with Gasteiger partial charge in [0, 0.05) is 31.4 Å². The monoisotopic (exact) mass is 415 g/mol. The highest BCUT2D eigenvalue weighted by molar-refractivity contribution is 6.60. The Balaban J connectivity index is 1.54. The lowest BCUT2D eigenvalue weighted by atomic mass is 10.2. The van der Waals surface area contributed by atoms with Gasteiger partial charge in [-0.15, -0.1) is 0 Å². The fraction of sp³-hybridized carbons (Fsp3) is 0.409. The summed E-state index contributed by atoms with van der Waals surface area (Å²) >= 11 is 0. The maximum atomic E-state index is 5.89. The van der Waals surface area contributed by atoms with Gasteiger partial charge < -0.3 is 22.4 Å². The van der Waals surface area contributed by atoms with Gasteiger partial charge in [0.1, 0.15) is 11.3 Å². The first-order valence-corrected chi connectivity index (χ1v) is 12.1. The third-order valence-corrected chi connectivity index (χ3v) is 7.54. The van der Waals surface area contributed by atoms with Crippen LogP contribution < -0.4 is 4.74 Å². The summed E-state index contributed by atoms with van der Waals surface area (Å²) < 4.78 is 29.3. The predicted octanol–water partition coefficient (Wildman–Crippen LogP) is 5.31. The lowest BCUT2D eigenvalue weighted by Crippen LogP contribution is -2.46. The van der Waals surface area contributed by atoms with E-state index in [0.717, 1.165) is 34.9 Å². The number of aromatic nitrogens is 1. The molecule has 0 unspecified atom stereocenters. The molecule has 0 aliphatic rings. The number of fused-ring (bicyclic) bond motifs is 1. The van der Waals surface area contributed by atoms with E-state index in [1.807, 2.05) is 69.3 Å². The van der Waals surface area contributed by atoms with Crippen molar-refractivity contribution in [3.63, 3.8) is 0 Å². The molecule has 29 heavy (non-hydrogen) atoms. The van der Waals surface area contributed by atoms with E-state index in [4.69, 9.17) is 22.4 Å². The van der Waals surface area contributed by atoms with E-state index in [2.05, 4.69) is 4.98 Å². The molecule has 0 saturated carbocycles. The molecular formula is C22H29NO5Si. The van der Waals surface area contributed by atoms with Crippen LogP contribution in [0.25, 0.3) is 22.6 Å². The second-order valence-corrected chi connectivity index (χ2v) is 9.18. The zero-order chi connectivity index (χ0) is 20.5. The van der Waals surface area contributed by atoms with Crippen molar-refractivity contribution < 1.29 is 22.4 Å². The van der Waals surface area contributed by atoms with Gasteiger partial charge in [0.2, 0.25) is 5.89 Å². The molecule has 3 aromatic rings. The summed E-state index contributed by atoms with van der Waals surface area (Å²) in [6, 6.07) is 16.3. The van der Waals surface area contributed by atoms with Gasteiger partial charge in [0.05, 0.1) is 6.61 Å². The van der Waals surface area contributed by atoms with Gasteiger partial charge in [-0.05, 0) is 63.6 Å². The molecule has 1 aromatic heterocycles. The lowest BCUT2D eigenvalue weighted by molar-refractivity contribution is 0.0696. The third-order valence-electron chi connectivity index (χ3n) is 4.38. The number of hydrogen-bond acceptors (Lipinski definition) is 6. The minimum Gasteiger partial charge on any atom is -0.494 e. The van der Waals surface area contributed by atoms with Crippen LogP contribution in [0.15, 0.2) is 52.9 Å². The van der Waals surface area contributed by atoms with Crippen LogP contribution in [0.2, 0.25) is 6.04 Å². The maximum absolute atomic E-state index is 5.89. The SMILES string of the molecule is CCO[Si](CCCOc1ccc(-c2nc3ccccc3o2)cc1)(OCC)OCC. The Morgan fingerprint density at radius 2 is 1.52 bits per heavy atom. The average molecular weight is 416 g/mol. The van der Waals surface area contributed by atoms with Crippen molar-refractivity contribution >= 4 is 19.9 Å². The molecule has 2 aromatic carbocycles. The van der Waals surface area contributed by atoms with Crippen molar-refractivity contribution in [3.8, 4) is 17.2 Å². The minimum absolute atomic E-state index is 0.574. The molecule has 0 N–H and O–H groups in total. The highest BCUT2D eigenvalue weighted by Crippen LogP contribution is 2.26. The van der Waals surface area contributed by atoms with E-state index in [9.17, 15) is 0 Å². The third kappa shape index (κ3) is 5.67. The van der Waals surface area contributed by atoms with Crippen molar-refractivity contribution in [2.45, 2.75) is 33.2 Å². The summed E-state index contributed by atoms with van der Waals surface area (Å²) in [6.45, 7) is 8.24. The molecule has 0 radical (unpaired) electrons. The molecule has 156 valence electrons. The quantitative estimate of drug-likeness (QED) is 0.295. The molecule has 0 bridgehead atoms. The number of ether oxygens (including phenoxy) is 1. The number of nitrogens with zero attached hydrogens (tertiary/aromatic N) is 1. The van der Waals surface area contributed by atoms with Crippen LogP contribution in [0.1, 0.15) is 27.2 Å². The molecule has 0 amide bonds. The van der Waals surface area contributed by atoms with Crippen molar-refractivity contribution in [3.05, 3.63) is 48.5 Å². The minimum atomic E-state index is -2.60. The Morgan fingerprint density at radius 1 is 0.862 bits per heavy atom. The van der Waals surface area contributed by atoms with Gasteiger partial charge in [-0.25, -0.2) is 4.98 Å². The summed E-state index contributed by atoms with van der Waals surface area (Å²) in [6.07, 6.45) is 0.805. The van der Waals surface area contributed by atoms with Crippen molar-refractivity contribution in [2.75, 3.05) is 26.4 Å². The van der Waals surface area contributed by atoms with Gasteiger partial charge in [-0.1, -0.05) is 12.1 Å². The van der Waals surface area contributed by atoms with E-state index in [0.29, 0.717) is 32.3 Å². The predicted molar refractivity (Wildman–Crippen MR) is 115 cm³/mol. The molecule has 1 heterocycles. The summed E-state index contributed by atoms with van der Waals surface area (Å²) in [4.78, 5) is 4.52. The summed E-state index contributed by atoms with van der Waals surface area (Å²) in [5, 5.41) is 0. The smallest absolute Gasteiger partial charge is 0.494 e. The van der Waals surface area contributed by atoms with Crippen LogP contribution in [-0.4, -0.2) is 40.2 Å². The van der Waals surface area contributed by atoms with E-state index in [1.165, 1.54) is 0 Å². The van der Waals surface area contributed by atoms with Gasteiger partial charge in [0.15, 0.2) is 5.58 Å². The Hall–Kier alpha value is -2.19. The van der Waals surface area contributed by atoms with Crippen LogP contribution in [-0.2, 0) is 13.3 Å². The van der Waals surface area contributed by atoms with Crippen molar-refractivity contribution in [1.82, 2.24) is 4.98 Å². The first-order valence-electron chi connectivity index (χ1n) is 10.2. The Labute approximate surface area is 173 Å². The lowest BCUT2D eigenvalue weighted by Gasteiger charge is -2.28. The largest absolute Gasteiger partial charge is 0.501 e. The van der Waals surface area contributed by atoms with E-state index in [1.54, 1.807) is 0 Å². The zero-order valence-electron chi connectivity index (χ0n) is 17.3. The fourth-order valence-corrected chi connectivity index (χ4v) is 5.75. The number of hydrogen-bond donors (Lipinski definition) is 0. The molecule has 0 saturated heterocycles. The standard InChI is InChI=1S/C22H29NO5Si/c1-4-25-29(26-5-2,27-6-3)17-9-16-24-19-14-12-18(13-15-19)22-23-20-10-7-8-11-21(20)28-22/h7-8,10-15H,4-6,9,16-17H2,1-3H3. The second kappa shape index (κ2) is 10.5. The van der Waals surface area contributed by atoms with Crippen LogP contribution in [0.3, 0.4) is 0 Å². The fourth-order valence-electron chi connectivity index (χ4n) is 3.17. The molecule has 0 spiro atoms. The van der Waals surface area contributed by atoms with Gasteiger partial charge in [0.25, 0.3) is 0 Å². The average Bonchev–Trinajstić information content (AvgIpc) is 3.17. The summed E-state index contributed by atoms with van der Waals surface area (Å²) in [5.41, 5.74) is 2.56. The molecule has 0 aliphatic heterocycles. The van der Waals surface area contributed by atoms with E-state index < -0.39 is 8.80 Å². The topological polar surface area (TPSA) is 63.0 Å². The number of para-hydroxylation sites is 2. The highest BCUT2D eigenvalue weighted by Gasteiger charge is 2.39. The first-order chi connectivity index (χ1) is 14.2. The van der Waals surface area contributed by atoms with Gasteiger partial charge in [-0.2, -0.15) is 0 Å². The number of oxazole rings is 1. The Morgan fingerprint density at radius 3 is 2.14 bits per heavy atom. The van der Waals surface area contributed by atoms with Crippen LogP contribution in [0.4, 0.5) is 0 Å². The van der Waals surface area contributed by atoms with Crippen LogP contribution in [0, 0.1) is 0 Å². The summed E-state index contributed by atoms with van der Waals surface area (Å²) in [5.74, 6) is 1.42. The van der Waals surface area contributed by atoms with Gasteiger partial charge >= 0.3 is 8.80 Å². The second-order valence-electron chi connectivity index (χ2n) is 6.45. The van der Waals surface area contributed by atoms with Crippen molar-refractivity contribution in [1.29, 1.82) is 0 Å². The van der Waals surface area contributed by atoms with Crippen LogP contribution in [0.5, 0.6) is 5.75 Å². The maximum Gasteiger partial charge on any atom is 0.501 e. The van der Waals surface area contributed by atoms with Crippen LogP contribution >= 0.6 is 0 Å².